The van der Waals surface area contributed by atoms with E-state index in [0.717, 1.165) is 33.9 Å². The molecule has 0 fully saturated rings. The molecule has 0 saturated carbocycles. The molecule has 1 N–H and O–H groups in total. The Labute approximate surface area is 122 Å². The van der Waals surface area contributed by atoms with E-state index >= 15 is 0 Å². The molecule has 0 atom stereocenters. The van der Waals surface area contributed by atoms with Gasteiger partial charge in [0.05, 0.1) is 11.9 Å². The lowest BCUT2D eigenvalue weighted by molar-refractivity contribution is 0.295. The summed E-state index contributed by atoms with van der Waals surface area (Å²) in [5.74, 6) is 1.68. The van der Waals surface area contributed by atoms with Crippen molar-refractivity contribution in [1.29, 1.82) is 0 Å². The molecule has 21 heavy (non-hydrogen) atoms. The minimum atomic E-state index is 0.552. The van der Waals surface area contributed by atoms with Gasteiger partial charge in [-0.15, -0.1) is 0 Å². The molecule has 4 heteroatoms. The number of hydrogen-bond donors (Lipinski definition) is 1. The first-order valence-electron chi connectivity index (χ1n) is 6.86. The topological polar surface area (TPSA) is 47.1 Å². The van der Waals surface area contributed by atoms with E-state index in [1.54, 1.807) is 6.20 Å². The van der Waals surface area contributed by atoms with Crippen molar-refractivity contribution in [3.8, 4) is 22.8 Å². The first-order valence-corrected chi connectivity index (χ1v) is 6.86. The second-order valence-electron chi connectivity index (χ2n) is 4.99. The Balaban J connectivity index is 1.60. The highest BCUT2D eigenvalue weighted by atomic mass is 16.5. The van der Waals surface area contributed by atoms with Gasteiger partial charge in [0.25, 0.3) is 0 Å². The molecule has 0 spiro atoms. The quantitative estimate of drug-likeness (QED) is 0.797. The van der Waals surface area contributed by atoms with E-state index in [0.29, 0.717) is 13.2 Å². The minimum Gasteiger partial charge on any atom is -0.489 e. The van der Waals surface area contributed by atoms with Crippen LogP contribution < -0.4 is 9.47 Å². The third-order valence-electron chi connectivity index (χ3n) is 3.57. The Kier molecular flexibility index (Phi) is 2.85. The molecular weight excluding hydrogens is 264 g/mol. The number of nitrogens with zero attached hydrogens (tertiary/aromatic N) is 1. The maximum absolute atomic E-state index is 5.86. The van der Waals surface area contributed by atoms with Gasteiger partial charge in [-0.1, -0.05) is 30.3 Å². The molecule has 0 unspecified atom stereocenters. The largest absolute Gasteiger partial charge is 0.489 e. The Bertz CT molecular complexity index is 765. The van der Waals surface area contributed by atoms with E-state index in [2.05, 4.69) is 22.3 Å². The first-order chi connectivity index (χ1) is 10.4. The number of ether oxygens (including phenoxy) is 2. The monoisotopic (exact) mass is 278 g/mol. The van der Waals surface area contributed by atoms with Crippen LogP contribution >= 0.6 is 0 Å². The Hall–Kier alpha value is -2.75. The molecule has 0 radical (unpaired) electrons. The van der Waals surface area contributed by atoms with Gasteiger partial charge in [0.2, 0.25) is 0 Å². The Morgan fingerprint density at radius 2 is 2.05 bits per heavy atom. The Morgan fingerprint density at radius 1 is 1.14 bits per heavy atom. The van der Waals surface area contributed by atoms with Crippen LogP contribution in [0.5, 0.6) is 11.5 Å². The van der Waals surface area contributed by atoms with Gasteiger partial charge in [-0.25, -0.2) is 0 Å². The number of nitrogens with one attached hydrogen (secondary N) is 1. The molecule has 4 nitrogen and oxygen atoms in total. The predicted octanol–water partition coefficient (Wildman–Crippen LogP) is 3.55. The molecule has 0 amide bonds. The SMILES string of the molecule is c1ccc(COc2ccc3c(c2)-c2[nH]ncc2CO3)cc1. The highest BCUT2D eigenvalue weighted by molar-refractivity contribution is 5.72. The van der Waals surface area contributed by atoms with E-state index in [1.807, 2.05) is 36.4 Å². The zero-order chi connectivity index (χ0) is 14.1. The number of hydrogen-bond acceptors (Lipinski definition) is 3. The smallest absolute Gasteiger partial charge is 0.129 e. The summed E-state index contributed by atoms with van der Waals surface area (Å²) in [6, 6.07) is 16.0. The number of fused-ring (bicyclic) bond motifs is 3. The maximum Gasteiger partial charge on any atom is 0.129 e. The van der Waals surface area contributed by atoms with Gasteiger partial charge in [0.1, 0.15) is 24.7 Å². The van der Waals surface area contributed by atoms with Gasteiger partial charge >= 0.3 is 0 Å². The average Bonchev–Trinajstić information content (AvgIpc) is 3.03. The number of rotatable bonds is 3. The predicted molar refractivity (Wildman–Crippen MR) is 79.1 cm³/mol. The lowest BCUT2D eigenvalue weighted by Crippen LogP contribution is -2.04. The van der Waals surface area contributed by atoms with Crippen molar-refractivity contribution in [1.82, 2.24) is 10.2 Å². The zero-order valence-electron chi connectivity index (χ0n) is 11.4. The molecule has 4 rings (SSSR count). The van der Waals surface area contributed by atoms with Gasteiger partial charge in [0, 0.05) is 11.1 Å². The highest BCUT2D eigenvalue weighted by Gasteiger charge is 2.19. The van der Waals surface area contributed by atoms with Gasteiger partial charge in [-0.2, -0.15) is 5.10 Å². The summed E-state index contributed by atoms with van der Waals surface area (Å²) in [5.41, 5.74) is 4.23. The van der Waals surface area contributed by atoms with Crippen LogP contribution in [0.1, 0.15) is 11.1 Å². The number of benzene rings is 2. The molecular formula is C17H14N2O2. The van der Waals surface area contributed by atoms with Crippen LogP contribution in [0.3, 0.4) is 0 Å². The van der Waals surface area contributed by atoms with Crippen LogP contribution in [0.25, 0.3) is 11.3 Å². The summed E-state index contributed by atoms with van der Waals surface area (Å²) in [6.45, 7) is 1.11. The van der Waals surface area contributed by atoms with E-state index in [-0.39, 0.29) is 0 Å². The summed E-state index contributed by atoms with van der Waals surface area (Å²) >= 11 is 0. The molecule has 0 bridgehead atoms. The van der Waals surface area contributed by atoms with Crippen LogP contribution in [-0.2, 0) is 13.2 Å². The van der Waals surface area contributed by atoms with Gasteiger partial charge in [-0.3, -0.25) is 5.10 Å². The number of H-pyrrole nitrogens is 1. The van der Waals surface area contributed by atoms with Crippen LogP contribution in [0, 0.1) is 0 Å². The van der Waals surface area contributed by atoms with Crippen molar-refractivity contribution in [2.24, 2.45) is 0 Å². The molecule has 1 aromatic heterocycles. The lowest BCUT2D eigenvalue weighted by Gasteiger charge is -2.18. The second kappa shape index (κ2) is 4.98. The molecule has 2 aromatic carbocycles. The molecule has 2 heterocycles. The second-order valence-corrected chi connectivity index (χ2v) is 4.99. The zero-order valence-corrected chi connectivity index (χ0v) is 11.4. The fourth-order valence-electron chi connectivity index (χ4n) is 2.47. The summed E-state index contributed by atoms with van der Waals surface area (Å²) in [4.78, 5) is 0. The molecule has 1 aliphatic rings. The summed E-state index contributed by atoms with van der Waals surface area (Å²) in [5, 5.41) is 7.11. The number of aromatic nitrogens is 2. The van der Waals surface area contributed by atoms with Crippen molar-refractivity contribution in [2.45, 2.75) is 13.2 Å². The van der Waals surface area contributed by atoms with Gasteiger partial charge in [-0.05, 0) is 23.8 Å². The van der Waals surface area contributed by atoms with E-state index in [4.69, 9.17) is 9.47 Å². The third kappa shape index (κ3) is 2.25. The molecule has 1 aliphatic heterocycles. The molecule has 0 aliphatic carbocycles. The van der Waals surface area contributed by atoms with Crippen molar-refractivity contribution >= 4 is 0 Å². The molecule has 0 saturated heterocycles. The van der Waals surface area contributed by atoms with Crippen molar-refractivity contribution in [3.05, 3.63) is 65.9 Å². The van der Waals surface area contributed by atoms with Crippen LogP contribution in [0.4, 0.5) is 0 Å². The van der Waals surface area contributed by atoms with Crippen LogP contribution in [0.2, 0.25) is 0 Å². The van der Waals surface area contributed by atoms with E-state index < -0.39 is 0 Å². The first kappa shape index (κ1) is 12.0. The van der Waals surface area contributed by atoms with Crippen molar-refractivity contribution < 1.29 is 9.47 Å². The number of aromatic amines is 1. The van der Waals surface area contributed by atoms with Crippen LogP contribution in [0.15, 0.2) is 54.7 Å². The van der Waals surface area contributed by atoms with E-state index in [1.165, 1.54) is 0 Å². The third-order valence-corrected chi connectivity index (χ3v) is 3.57. The standard InChI is InChI=1S/C17H14N2O2/c1-2-4-12(5-3-1)10-20-14-6-7-16-15(8-14)17-13(11-21-16)9-18-19-17/h1-9H,10-11H2,(H,18,19). The fourth-order valence-corrected chi connectivity index (χ4v) is 2.47. The van der Waals surface area contributed by atoms with Crippen molar-refractivity contribution in [3.63, 3.8) is 0 Å². The van der Waals surface area contributed by atoms with Crippen molar-refractivity contribution in [2.75, 3.05) is 0 Å². The Morgan fingerprint density at radius 3 is 2.95 bits per heavy atom. The summed E-state index contributed by atoms with van der Waals surface area (Å²) < 4.78 is 11.6. The fraction of sp³-hybridized carbons (Fsp3) is 0.118. The normalized spacial score (nSPS) is 12.2. The van der Waals surface area contributed by atoms with Gasteiger partial charge < -0.3 is 9.47 Å². The summed E-state index contributed by atoms with van der Waals surface area (Å²) in [7, 11) is 0. The minimum absolute atomic E-state index is 0.552. The van der Waals surface area contributed by atoms with E-state index in [9.17, 15) is 0 Å². The highest BCUT2D eigenvalue weighted by Crippen LogP contribution is 2.38. The molecule has 3 aromatic rings. The van der Waals surface area contributed by atoms with Gasteiger partial charge in [0.15, 0.2) is 0 Å². The summed E-state index contributed by atoms with van der Waals surface area (Å²) in [6.07, 6.45) is 1.80. The molecule has 104 valence electrons. The maximum atomic E-state index is 5.86. The average molecular weight is 278 g/mol. The lowest BCUT2D eigenvalue weighted by atomic mass is 10.0. The van der Waals surface area contributed by atoms with Crippen LogP contribution in [-0.4, -0.2) is 10.2 Å².